The molecule has 1 saturated heterocycles. The van der Waals surface area contributed by atoms with E-state index < -0.39 is 0 Å². The number of aryl methyl sites for hydroxylation is 1. The standard InChI is InChI=1S/C19H25N5/c1-22-17(6-8-21-22)15-23-10-2-4-16(7-12-23)14-18-19-5-3-11-24(19)13-9-20-18/h3,5-6,8-9,11,13,16H,2,4,7,10,12,14-15H2,1H3. The molecule has 0 aliphatic carbocycles. The molecule has 3 aromatic rings. The Morgan fingerprint density at radius 1 is 1.12 bits per heavy atom. The number of fused-ring (bicyclic) bond motifs is 1. The largest absolute Gasteiger partial charge is 0.321 e. The van der Waals surface area contributed by atoms with Crippen LogP contribution in [0.2, 0.25) is 0 Å². The number of hydrogen-bond donors (Lipinski definition) is 0. The average Bonchev–Trinajstić information content (AvgIpc) is 3.15. The Labute approximate surface area is 142 Å². The minimum Gasteiger partial charge on any atom is -0.321 e. The summed E-state index contributed by atoms with van der Waals surface area (Å²) in [5.41, 5.74) is 3.80. The summed E-state index contributed by atoms with van der Waals surface area (Å²) >= 11 is 0. The van der Waals surface area contributed by atoms with Crippen LogP contribution in [-0.2, 0) is 20.0 Å². The summed E-state index contributed by atoms with van der Waals surface area (Å²) in [5.74, 6) is 0.732. The van der Waals surface area contributed by atoms with Crippen LogP contribution >= 0.6 is 0 Å². The molecule has 4 heterocycles. The van der Waals surface area contributed by atoms with Gasteiger partial charge in [0.05, 0.1) is 16.9 Å². The van der Waals surface area contributed by atoms with Gasteiger partial charge in [-0.3, -0.25) is 14.6 Å². The fraction of sp³-hybridized carbons (Fsp3) is 0.474. The molecule has 5 nitrogen and oxygen atoms in total. The van der Waals surface area contributed by atoms with Gasteiger partial charge in [-0.25, -0.2) is 0 Å². The molecule has 1 unspecified atom stereocenters. The first-order valence-electron chi connectivity index (χ1n) is 8.89. The maximum absolute atomic E-state index is 4.65. The number of likely N-dealkylation sites (tertiary alicyclic amines) is 1. The Balaban J connectivity index is 1.40. The van der Waals surface area contributed by atoms with Gasteiger partial charge in [-0.15, -0.1) is 0 Å². The van der Waals surface area contributed by atoms with E-state index in [1.165, 1.54) is 49.3 Å². The van der Waals surface area contributed by atoms with Crippen molar-refractivity contribution in [2.24, 2.45) is 13.0 Å². The van der Waals surface area contributed by atoms with Crippen molar-refractivity contribution in [3.8, 4) is 0 Å². The third kappa shape index (κ3) is 3.22. The highest BCUT2D eigenvalue weighted by Crippen LogP contribution is 2.24. The molecule has 1 atom stereocenters. The van der Waals surface area contributed by atoms with Crippen molar-refractivity contribution < 1.29 is 0 Å². The van der Waals surface area contributed by atoms with Gasteiger partial charge in [0.2, 0.25) is 0 Å². The van der Waals surface area contributed by atoms with Crippen LogP contribution in [0, 0.1) is 5.92 Å². The van der Waals surface area contributed by atoms with Crippen molar-refractivity contribution in [2.45, 2.75) is 32.2 Å². The number of rotatable bonds is 4. The van der Waals surface area contributed by atoms with Gasteiger partial charge in [-0.05, 0) is 62.9 Å². The van der Waals surface area contributed by atoms with Crippen molar-refractivity contribution in [3.63, 3.8) is 0 Å². The predicted molar refractivity (Wildman–Crippen MR) is 94.7 cm³/mol. The number of aromatic nitrogens is 4. The Morgan fingerprint density at radius 2 is 2.08 bits per heavy atom. The molecule has 0 N–H and O–H groups in total. The summed E-state index contributed by atoms with van der Waals surface area (Å²) in [6.45, 7) is 3.36. The van der Waals surface area contributed by atoms with Crippen molar-refractivity contribution in [1.29, 1.82) is 0 Å². The summed E-state index contributed by atoms with van der Waals surface area (Å²) in [7, 11) is 2.03. The molecule has 0 spiro atoms. The molecule has 1 aliphatic heterocycles. The summed E-state index contributed by atoms with van der Waals surface area (Å²) in [4.78, 5) is 7.22. The minimum absolute atomic E-state index is 0.732. The Morgan fingerprint density at radius 3 is 2.96 bits per heavy atom. The Bertz CT molecular complexity index is 803. The quantitative estimate of drug-likeness (QED) is 0.741. The van der Waals surface area contributed by atoms with Gasteiger partial charge < -0.3 is 4.40 Å². The Kier molecular flexibility index (Phi) is 4.34. The zero-order valence-corrected chi connectivity index (χ0v) is 14.3. The van der Waals surface area contributed by atoms with E-state index in [-0.39, 0.29) is 0 Å². The van der Waals surface area contributed by atoms with Crippen LogP contribution in [-0.4, -0.2) is 37.2 Å². The van der Waals surface area contributed by atoms with Crippen LogP contribution in [0.1, 0.15) is 30.7 Å². The van der Waals surface area contributed by atoms with E-state index in [9.17, 15) is 0 Å². The molecule has 0 amide bonds. The number of hydrogen-bond acceptors (Lipinski definition) is 3. The van der Waals surface area contributed by atoms with Gasteiger partial charge in [-0.2, -0.15) is 5.10 Å². The normalized spacial score (nSPS) is 19.6. The molecule has 1 fully saturated rings. The summed E-state index contributed by atoms with van der Waals surface area (Å²) < 4.78 is 4.16. The zero-order chi connectivity index (χ0) is 16.4. The highest BCUT2D eigenvalue weighted by atomic mass is 15.3. The second-order valence-corrected chi connectivity index (χ2v) is 6.90. The summed E-state index contributed by atoms with van der Waals surface area (Å²) in [6, 6.07) is 6.40. The molecular weight excluding hydrogens is 298 g/mol. The average molecular weight is 323 g/mol. The second kappa shape index (κ2) is 6.77. The van der Waals surface area contributed by atoms with Crippen LogP contribution < -0.4 is 0 Å². The molecule has 0 bridgehead atoms. The molecule has 24 heavy (non-hydrogen) atoms. The van der Waals surface area contributed by atoms with Gasteiger partial charge >= 0.3 is 0 Å². The third-order valence-corrected chi connectivity index (χ3v) is 5.26. The monoisotopic (exact) mass is 323 g/mol. The summed E-state index contributed by atoms with van der Waals surface area (Å²) in [6.07, 6.45) is 12.9. The fourth-order valence-corrected chi connectivity index (χ4v) is 3.83. The first kappa shape index (κ1) is 15.4. The zero-order valence-electron chi connectivity index (χ0n) is 14.3. The molecule has 4 rings (SSSR count). The SMILES string of the molecule is Cn1nccc1CN1CCCC(Cc2nccn3cccc23)CC1. The van der Waals surface area contributed by atoms with E-state index in [0.717, 1.165) is 18.9 Å². The van der Waals surface area contributed by atoms with Crippen LogP contribution in [0.25, 0.3) is 5.52 Å². The van der Waals surface area contributed by atoms with Crippen LogP contribution in [0.3, 0.4) is 0 Å². The molecule has 0 saturated carbocycles. The first-order chi connectivity index (χ1) is 11.8. The van der Waals surface area contributed by atoms with Crippen molar-refractivity contribution in [2.75, 3.05) is 13.1 Å². The van der Waals surface area contributed by atoms with E-state index >= 15 is 0 Å². The molecule has 0 radical (unpaired) electrons. The lowest BCUT2D eigenvalue weighted by Gasteiger charge is -2.20. The fourth-order valence-electron chi connectivity index (χ4n) is 3.83. The van der Waals surface area contributed by atoms with Gasteiger partial charge in [-0.1, -0.05) is 0 Å². The molecule has 3 aromatic heterocycles. The highest BCUT2D eigenvalue weighted by molar-refractivity contribution is 5.52. The minimum atomic E-state index is 0.732. The van der Waals surface area contributed by atoms with Gasteiger partial charge in [0.15, 0.2) is 0 Å². The predicted octanol–water partition coefficient (Wildman–Crippen LogP) is 2.91. The van der Waals surface area contributed by atoms with E-state index in [0.29, 0.717) is 0 Å². The van der Waals surface area contributed by atoms with Crippen LogP contribution in [0.15, 0.2) is 43.0 Å². The van der Waals surface area contributed by atoms with Gasteiger partial charge in [0, 0.05) is 38.4 Å². The van der Waals surface area contributed by atoms with E-state index in [2.05, 4.69) is 43.8 Å². The first-order valence-corrected chi connectivity index (χ1v) is 8.89. The van der Waals surface area contributed by atoms with Crippen molar-refractivity contribution in [3.05, 3.63) is 54.4 Å². The summed E-state index contributed by atoms with van der Waals surface area (Å²) in [5, 5.41) is 4.28. The van der Waals surface area contributed by atoms with Gasteiger partial charge in [0.25, 0.3) is 0 Å². The van der Waals surface area contributed by atoms with Crippen LogP contribution in [0.4, 0.5) is 0 Å². The molecule has 126 valence electrons. The van der Waals surface area contributed by atoms with Crippen LogP contribution in [0.5, 0.6) is 0 Å². The molecule has 5 heteroatoms. The lowest BCUT2D eigenvalue weighted by molar-refractivity contribution is 0.265. The molecular formula is C19H25N5. The lowest BCUT2D eigenvalue weighted by Crippen LogP contribution is -2.25. The third-order valence-electron chi connectivity index (χ3n) is 5.26. The smallest absolute Gasteiger partial charge is 0.0666 e. The lowest BCUT2D eigenvalue weighted by atomic mass is 9.95. The van der Waals surface area contributed by atoms with E-state index in [4.69, 9.17) is 0 Å². The number of nitrogens with zero attached hydrogens (tertiary/aromatic N) is 5. The topological polar surface area (TPSA) is 38.4 Å². The Hall–Kier alpha value is -2.14. The van der Waals surface area contributed by atoms with E-state index in [1.54, 1.807) is 0 Å². The second-order valence-electron chi connectivity index (χ2n) is 6.90. The molecule has 0 aromatic carbocycles. The highest BCUT2D eigenvalue weighted by Gasteiger charge is 2.19. The van der Waals surface area contributed by atoms with Crippen molar-refractivity contribution >= 4 is 5.52 Å². The maximum Gasteiger partial charge on any atom is 0.0666 e. The van der Waals surface area contributed by atoms with Crippen molar-refractivity contribution in [1.82, 2.24) is 24.1 Å². The van der Waals surface area contributed by atoms with E-state index in [1.807, 2.05) is 30.3 Å². The van der Waals surface area contributed by atoms with Gasteiger partial charge in [0.1, 0.15) is 0 Å². The maximum atomic E-state index is 4.65. The molecule has 1 aliphatic rings.